The van der Waals surface area contributed by atoms with Crippen LogP contribution in [0, 0.1) is 18.3 Å². The molecular weight excluding hydrogens is 378 g/mol. The maximum atomic E-state index is 5.71. The van der Waals surface area contributed by atoms with Crippen molar-refractivity contribution in [1.82, 2.24) is 14.9 Å². The van der Waals surface area contributed by atoms with Crippen LogP contribution in [0.3, 0.4) is 0 Å². The molecule has 2 atom stereocenters. The molecule has 0 radical (unpaired) electrons. The zero-order valence-electron chi connectivity index (χ0n) is 18.0. The minimum absolute atomic E-state index is 0.500. The minimum Gasteiger partial charge on any atom is -0.496 e. The Bertz CT molecular complexity index is 825. The SMILES string of the molecule is COc1c(C)cccc1CC1CCCC2(CCN(Cc3cnc(SC)nc3)C2)C1. The summed E-state index contributed by atoms with van der Waals surface area (Å²) < 4.78 is 5.71. The molecule has 4 nitrogen and oxygen atoms in total. The third-order valence-electron chi connectivity index (χ3n) is 6.84. The Labute approximate surface area is 179 Å². The van der Waals surface area contributed by atoms with Gasteiger partial charge in [-0.3, -0.25) is 4.90 Å². The fourth-order valence-corrected chi connectivity index (χ4v) is 5.87. The van der Waals surface area contributed by atoms with Gasteiger partial charge in [-0.25, -0.2) is 9.97 Å². The molecule has 1 aliphatic carbocycles. The van der Waals surface area contributed by atoms with Crippen molar-refractivity contribution in [1.29, 1.82) is 0 Å². The Morgan fingerprint density at radius 1 is 1.24 bits per heavy atom. The highest BCUT2D eigenvalue weighted by molar-refractivity contribution is 7.98. The number of aromatic nitrogens is 2. The summed E-state index contributed by atoms with van der Waals surface area (Å²) in [6.45, 7) is 5.55. The second-order valence-electron chi connectivity index (χ2n) is 8.97. The summed E-state index contributed by atoms with van der Waals surface area (Å²) in [5.74, 6) is 1.86. The van der Waals surface area contributed by atoms with Crippen LogP contribution in [0.15, 0.2) is 35.7 Å². The number of methoxy groups -OCH3 is 1. The van der Waals surface area contributed by atoms with E-state index in [1.807, 2.05) is 18.6 Å². The first-order valence-corrected chi connectivity index (χ1v) is 12.0. The molecule has 2 aromatic rings. The number of hydrogen-bond donors (Lipinski definition) is 0. The van der Waals surface area contributed by atoms with Crippen LogP contribution in [0.5, 0.6) is 5.75 Å². The molecule has 1 aromatic heterocycles. The van der Waals surface area contributed by atoms with Crippen molar-refractivity contribution in [2.24, 2.45) is 11.3 Å². The van der Waals surface area contributed by atoms with E-state index in [1.165, 1.54) is 61.9 Å². The fourth-order valence-electron chi connectivity index (χ4n) is 5.56. The number of rotatable bonds is 6. The lowest BCUT2D eigenvalue weighted by atomic mass is 9.67. The predicted molar refractivity (Wildman–Crippen MR) is 120 cm³/mol. The summed E-state index contributed by atoms with van der Waals surface area (Å²) in [5, 5.41) is 0.855. The zero-order valence-corrected chi connectivity index (χ0v) is 18.8. The lowest BCUT2D eigenvalue weighted by Gasteiger charge is -2.38. The quantitative estimate of drug-likeness (QED) is 0.486. The molecule has 2 aliphatic rings. The molecule has 1 aliphatic heterocycles. The van der Waals surface area contributed by atoms with Gasteiger partial charge in [0.15, 0.2) is 5.16 Å². The average molecular weight is 412 g/mol. The zero-order chi connectivity index (χ0) is 20.3. The van der Waals surface area contributed by atoms with Crippen LogP contribution in [0.1, 0.15) is 48.8 Å². The number of ether oxygens (including phenoxy) is 1. The summed E-state index contributed by atoms with van der Waals surface area (Å²) in [4.78, 5) is 11.5. The van der Waals surface area contributed by atoms with Crippen molar-refractivity contribution in [3.63, 3.8) is 0 Å². The Balaban J connectivity index is 1.38. The number of para-hydroxylation sites is 1. The molecular formula is C24H33N3OS. The standard InChI is InChI=1S/C24H33N3OS/c1-18-6-4-8-21(22(18)28-2)12-19-7-5-9-24(13-19)10-11-27(17-24)16-20-14-25-23(29-3)26-15-20/h4,6,8,14-15,19H,5,7,9-13,16-17H2,1-3H3. The third kappa shape index (κ3) is 4.77. The topological polar surface area (TPSA) is 38.2 Å². The number of thioether (sulfide) groups is 1. The van der Waals surface area contributed by atoms with E-state index in [0.717, 1.165) is 29.8 Å². The molecule has 1 aromatic carbocycles. The van der Waals surface area contributed by atoms with E-state index in [1.54, 1.807) is 18.9 Å². The van der Waals surface area contributed by atoms with Crippen molar-refractivity contribution in [3.05, 3.63) is 47.3 Å². The Hall–Kier alpha value is -1.59. The van der Waals surface area contributed by atoms with Gasteiger partial charge in [-0.1, -0.05) is 42.8 Å². The van der Waals surface area contributed by atoms with Crippen LogP contribution in [0.2, 0.25) is 0 Å². The first-order valence-electron chi connectivity index (χ1n) is 10.8. The van der Waals surface area contributed by atoms with Crippen LogP contribution in [-0.2, 0) is 13.0 Å². The first-order chi connectivity index (χ1) is 14.1. The summed E-state index contributed by atoms with van der Waals surface area (Å²) in [6, 6.07) is 6.58. The molecule has 29 heavy (non-hydrogen) atoms. The van der Waals surface area contributed by atoms with Gasteiger partial charge in [-0.05, 0) is 67.9 Å². The summed E-state index contributed by atoms with van der Waals surface area (Å²) in [6.07, 6.45) is 13.9. The van der Waals surface area contributed by atoms with Gasteiger partial charge in [0.05, 0.1) is 7.11 Å². The molecule has 1 spiro atoms. The number of aryl methyl sites for hydroxylation is 1. The highest BCUT2D eigenvalue weighted by Crippen LogP contribution is 2.47. The van der Waals surface area contributed by atoms with E-state index in [9.17, 15) is 0 Å². The Morgan fingerprint density at radius 2 is 2.07 bits per heavy atom. The molecule has 1 saturated carbocycles. The Morgan fingerprint density at radius 3 is 2.83 bits per heavy atom. The molecule has 2 unspecified atom stereocenters. The summed E-state index contributed by atoms with van der Waals surface area (Å²) in [7, 11) is 1.80. The second kappa shape index (κ2) is 9.05. The van der Waals surface area contributed by atoms with Crippen molar-refractivity contribution < 1.29 is 4.74 Å². The van der Waals surface area contributed by atoms with Crippen LogP contribution >= 0.6 is 11.8 Å². The van der Waals surface area contributed by atoms with Crippen molar-refractivity contribution in [2.45, 2.75) is 57.1 Å². The fraction of sp³-hybridized carbons (Fsp3) is 0.583. The molecule has 4 rings (SSSR count). The Kier molecular flexibility index (Phi) is 6.45. The third-order valence-corrected chi connectivity index (χ3v) is 7.41. The normalized spacial score (nSPS) is 24.9. The van der Waals surface area contributed by atoms with E-state index in [4.69, 9.17) is 4.74 Å². The molecule has 156 valence electrons. The largest absolute Gasteiger partial charge is 0.496 e. The van der Waals surface area contributed by atoms with E-state index in [2.05, 4.69) is 40.0 Å². The molecule has 5 heteroatoms. The van der Waals surface area contributed by atoms with Gasteiger partial charge in [-0.15, -0.1) is 0 Å². The van der Waals surface area contributed by atoms with E-state index < -0.39 is 0 Å². The maximum absolute atomic E-state index is 5.71. The monoisotopic (exact) mass is 411 g/mol. The van der Waals surface area contributed by atoms with Crippen LogP contribution < -0.4 is 4.74 Å². The number of nitrogens with zero attached hydrogens (tertiary/aromatic N) is 3. The van der Waals surface area contributed by atoms with Gasteiger partial charge in [0, 0.05) is 31.0 Å². The minimum atomic E-state index is 0.500. The molecule has 2 heterocycles. The van der Waals surface area contributed by atoms with Gasteiger partial charge in [0.25, 0.3) is 0 Å². The van der Waals surface area contributed by atoms with Gasteiger partial charge in [0.2, 0.25) is 0 Å². The van der Waals surface area contributed by atoms with Crippen LogP contribution in [-0.4, -0.2) is 41.3 Å². The molecule has 2 fully saturated rings. The van der Waals surface area contributed by atoms with Gasteiger partial charge in [-0.2, -0.15) is 0 Å². The van der Waals surface area contributed by atoms with Gasteiger partial charge in [0.1, 0.15) is 5.75 Å². The van der Waals surface area contributed by atoms with Crippen LogP contribution in [0.25, 0.3) is 0 Å². The van der Waals surface area contributed by atoms with E-state index in [0.29, 0.717) is 5.41 Å². The van der Waals surface area contributed by atoms with E-state index in [-0.39, 0.29) is 0 Å². The maximum Gasteiger partial charge on any atom is 0.187 e. The van der Waals surface area contributed by atoms with Crippen LogP contribution in [0.4, 0.5) is 0 Å². The smallest absolute Gasteiger partial charge is 0.187 e. The van der Waals surface area contributed by atoms with Crippen molar-refractivity contribution in [3.8, 4) is 5.75 Å². The highest BCUT2D eigenvalue weighted by Gasteiger charge is 2.41. The predicted octanol–water partition coefficient (Wildman–Crippen LogP) is 5.14. The lowest BCUT2D eigenvalue weighted by molar-refractivity contribution is 0.138. The molecule has 0 amide bonds. The molecule has 0 bridgehead atoms. The highest BCUT2D eigenvalue weighted by atomic mass is 32.2. The lowest BCUT2D eigenvalue weighted by Crippen LogP contribution is -2.33. The second-order valence-corrected chi connectivity index (χ2v) is 9.75. The molecule has 1 saturated heterocycles. The van der Waals surface area contributed by atoms with E-state index >= 15 is 0 Å². The van der Waals surface area contributed by atoms with Gasteiger partial charge >= 0.3 is 0 Å². The number of hydrogen-bond acceptors (Lipinski definition) is 5. The summed E-state index contributed by atoms with van der Waals surface area (Å²) >= 11 is 1.60. The summed E-state index contributed by atoms with van der Waals surface area (Å²) in [5.41, 5.74) is 4.37. The number of benzene rings is 1. The average Bonchev–Trinajstić information content (AvgIpc) is 3.10. The number of likely N-dealkylation sites (tertiary alicyclic amines) is 1. The molecule has 0 N–H and O–H groups in total. The first kappa shape index (κ1) is 20.7. The van der Waals surface area contributed by atoms with Crippen molar-refractivity contribution in [2.75, 3.05) is 26.5 Å². The van der Waals surface area contributed by atoms with Crippen molar-refractivity contribution >= 4 is 11.8 Å². The van der Waals surface area contributed by atoms with Gasteiger partial charge < -0.3 is 4.74 Å².